The molecule has 2 rings (SSSR count). The Morgan fingerprint density at radius 1 is 1.53 bits per heavy atom. The fraction of sp³-hybridized carbons (Fsp3) is 0.182. The molecule has 0 aliphatic rings. The predicted molar refractivity (Wildman–Crippen MR) is 68.4 cm³/mol. The van der Waals surface area contributed by atoms with Crippen molar-refractivity contribution in [3.05, 3.63) is 41.2 Å². The van der Waals surface area contributed by atoms with E-state index in [0.29, 0.717) is 11.7 Å². The molecule has 0 saturated carbocycles. The topological polar surface area (TPSA) is 54.2 Å². The zero-order chi connectivity index (χ0) is 12.3. The Morgan fingerprint density at radius 3 is 3.00 bits per heavy atom. The highest BCUT2D eigenvalue weighted by Gasteiger charge is 2.06. The molecule has 6 heteroatoms. The smallest absolute Gasteiger partial charge is 0.197 e. The van der Waals surface area contributed by atoms with Crippen molar-refractivity contribution in [1.29, 1.82) is 0 Å². The van der Waals surface area contributed by atoms with Gasteiger partial charge in [0, 0.05) is 23.8 Å². The highest BCUT2D eigenvalue weighted by molar-refractivity contribution is 7.15. The monoisotopic (exact) mass is 252 g/mol. The predicted octanol–water partition coefficient (Wildman–Crippen LogP) is 2.20. The summed E-state index contributed by atoms with van der Waals surface area (Å²) in [5.41, 5.74) is 3.33. The molecule has 0 bridgehead atoms. The van der Waals surface area contributed by atoms with E-state index in [-0.39, 0.29) is 5.82 Å². The molecule has 1 heterocycles. The lowest BCUT2D eigenvalue weighted by atomic mass is 10.3. The second-order valence-electron chi connectivity index (χ2n) is 3.61. The van der Waals surface area contributed by atoms with Gasteiger partial charge >= 0.3 is 0 Å². The molecule has 0 atom stereocenters. The molecule has 4 nitrogen and oxygen atoms in total. The summed E-state index contributed by atoms with van der Waals surface area (Å²) in [6.45, 7) is 0.669. The van der Waals surface area contributed by atoms with Crippen molar-refractivity contribution in [3.63, 3.8) is 0 Å². The number of thiazole rings is 1. The number of anilines is 2. The van der Waals surface area contributed by atoms with Crippen molar-refractivity contribution in [2.75, 3.05) is 17.4 Å². The summed E-state index contributed by atoms with van der Waals surface area (Å²) in [5.74, 6) is 5.03. The van der Waals surface area contributed by atoms with Crippen LogP contribution in [0.1, 0.15) is 4.88 Å². The van der Waals surface area contributed by atoms with E-state index in [1.807, 2.05) is 18.0 Å². The summed E-state index contributed by atoms with van der Waals surface area (Å²) in [6, 6.07) is 6.50. The zero-order valence-electron chi connectivity index (χ0n) is 9.35. The van der Waals surface area contributed by atoms with E-state index < -0.39 is 0 Å². The Hall–Kier alpha value is -1.66. The molecule has 1 aromatic heterocycles. The van der Waals surface area contributed by atoms with Crippen LogP contribution >= 0.6 is 11.3 Å². The quantitative estimate of drug-likeness (QED) is 0.647. The third kappa shape index (κ3) is 2.92. The summed E-state index contributed by atoms with van der Waals surface area (Å²) in [4.78, 5) is 7.10. The van der Waals surface area contributed by atoms with Gasteiger partial charge in [-0.1, -0.05) is 17.4 Å². The summed E-state index contributed by atoms with van der Waals surface area (Å²) in [6.07, 6.45) is 1.76. The van der Waals surface area contributed by atoms with Crippen LogP contribution in [0.15, 0.2) is 30.5 Å². The number of nitrogens with two attached hydrogens (primary N) is 1. The average molecular weight is 252 g/mol. The molecule has 90 valence electrons. The van der Waals surface area contributed by atoms with Gasteiger partial charge in [0.15, 0.2) is 5.13 Å². The number of rotatable bonds is 4. The van der Waals surface area contributed by atoms with Crippen LogP contribution in [0, 0.1) is 5.82 Å². The normalized spacial score (nSPS) is 10.3. The van der Waals surface area contributed by atoms with Crippen molar-refractivity contribution in [2.24, 2.45) is 5.84 Å². The maximum Gasteiger partial charge on any atom is 0.197 e. The average Bonchev–Trinajstić information content (AvgIpc) is 2.77. The fourth-order valence-electron chi connectivity index (χ4n) is 1.49. The Kier molecular flexibility index (Phi) is 3.55. The Labute approximate surface area is 103 Å². The van der Waals surface area contributed by atoms with Gasteiger partial charge in [-0.15, -0.1) is 0 Å². The molecular weight excluding hydrogens is 239 g/mol. The molecule has 17 heavy (non-hydrogen) atoms. The molecule has 2 aromatic rings. The van der Waals surface area contributed by atoms with Gasteiger partial charge in [0.2, 0.25) is 0 Å². The molecule has 0 spiro atoms. The first kappa shape index (κ1) is 11.8. The number of nitrogens with zero attached hydrogens (tertiary/aromatic N) is 2. The number of halogens is 1. The molecule has 0 aliphatic heterocycles. The molecule has 3 N–H and O–H groups in total. The number of aromatic nitrogens is 1. The first-order chi connectivity index (χ1) is 8.19. The third-order valence-electron chi connectivity index (χ3n) is 2.32. The largest absolute Gasteiger partial charge is 0.369 e. The number of benzene rings is 1. The lowest BCUT2D eigenvalue weighted by Gasteiger charge is -2.17. The highest BCUT2D eigenvalue weighted by atomic mass is 32.1. The van der Waals surface area contributed by atoms with Crippen LogP contribution < -0.4 is 16.2 Å². The van der Waals surface area contributed by atoms with E-state index in [1.165, 1.54) is 23.5 Å². The SMILES string of the molecule is CN(Cc1cnc(NN)s1)c1cccc(F)c1. The molecule has 0 amide bonds. The van der Waals surface area contributed by atoms with Gasteiger partial charge in [-0.3, -0.25) is 5.43 Å². The van der Waals surface area contributed by atoms with Crippen LogP contribution in [-0.2, 0) is 6.54 Å². The molecule has 1 aromatic carbocycles. The number of hydrogen-bond acceptors (Lipinski definition) is 5. The van der Waals surface area contributed by atoms with Crippen LogP contribution in [0.25, 0.3) is 0 Å². The standard InChI is InChI=1S/C11H13FN4S/c1-16(9-4-2-3-8(12)5-9)7-10-6-14-11(15-13)17-10/h2-6H,7,13H2,1H3,(H,14,15). The second-order valence-corrected chi connectivity index (χ2v) is 4.73. The van der Waals surface area contributed by atoms with Gasteiger partial charge in [-0.2, -0.15) is 0 Å². The van der Waals surface area contributed by atoms with Gasteiger partial charge in [0.25, 0.3) is 0 Å². The number of nitrogens with one attached hydrogen (secondary N) is 1. The first-order valence-electron chi connectivity index (χ1n) is 5.07. The van der Waals surface area contributed by atoms with Crippen molar-refractivity contribution >= 4 is 22.2 Å². The van der Waals surface area contributed by atoms with Crippen molar-refractivity contribution in [2.45, 2.75) is 6.54 Å². The molecule has 0 aliphatic carbocycles. The zero-order valence-corrected chi connectivity index (χ0v) is 10.2. The Bertz CT molecular complexity index is 500. The van der Waals surface area contributed by atoms with E-state index in [4.69, 9.17) is 5.84 Å². The van der Waals surface area contributed by atoms with Crippen LogP contribution in [0.5, 0.6) is 0 Å². The molecule has 0 fully saturated rings. The van der Waals surface area contributed by atoms with E-state index >= 15 is 0 Å². The summed E-state index contributed by atoms with van der Waals surface area (Å²) < 4.78 is 13.1. The minimum Gasteiger partial charge on any atom is -0.369 e. The number of hydrogen-bond donors (Lipinski definition) is 2. The third-order valence-corrected chi connectivity index (χ3v) is 3.23. The first-order valence-corrected chi connectivity index (χ1v) is 5.88. The maximum absolute atomic E-state index is 13.1. The van der Waals surface area contributed by atoms with E-state index in [0.717, 1.165) is 10.6 Å². The Balaban J connectivity index is 2.08. The maximum atomic E-state index is 13.1. The lowest BCUT2D eigenvalue weighted by molar-refractivity contribution is 0.627. The van der Waals surface area contributed by atoms with Gasteiger partial charge in [-0.25, -0.2) is 15.2 Å². The second kappa shape index (κ2) is 5.11. The molecular formula is C11H13FN4S. The van der Waals surface area contributed by atoms with Crippen molar-refractivity contribution in [1.82, 2.24) is 4.98 Å². The van der Waals surface area contributed by atoms with Gasteiger partial charge < -0.3 is 4.90 Å². The Morgan fingerprint density at radius 2 is 2.35 bits per heavy atom. The van der Waals surface area contributed by atoms with Crippen LogP contribution in [0.2, 0.25) is 0 Å². The molecule has 0 radical (unpaired) electrons. The van der Waals surface area contributed by atoms with Crippen LogP contribution in [0.4, 0.5) is 15.2 Å². The molecule has 0 saturated heterocycles. The summed E-state index contributed by atoms with van der Waals surface area (Å²) in [7, 11) is 1.91. The van der Waals surface area contributed by atoms with E-state index in [2.05, 4.69) is 10.4 Å². The van der Waals surface area contributed by atoms with Crippen LogP contribution in [-0.4, -0.2) is 12.0 Å². The number of hydrazine groups is 1. The summed E-state index contributed by atoms with van der Waals surface area (Å²) in [5, 5.41) is 0.674. The van der Waals surface area contributed by atoms with Crippen LogP contribution in [0.3, 0.4) is 0 Å². The lowest BCUT2D eigenvalue weighted by Crippen LogP contribution is -2.15. The van der Waals surface area contributed by atoms with Crippen molar-refractivity contribution < 1.29 is 4.39 Å². The van der Waals surface area contributed by atoms with Gasteiger partial charge in [-0.05, 0) is 18.2 Å². The van der Waals surface area contributed by atoms with Crippen molar-refractivity contribution in [3.8, 4) is 0 Å². The fourth-order valence-corrected chi connectivity index (χ4v) is 2.26. The van der Waals surface area contributed by atoms with Gasteiger partial charge in [0.05, 0.1) is 6.54 Å². The number of nitrogen functional groups attached to an aromatic ring is 1. The van der Waals surface area contributed by atoms with E-state index in [1.54, 1.807) is 12.3 Å². The highest BCUT2D eigenvalue weighted by Crippen LogP contribution is 2.21. The van der Waals surface area contributed by atoms with E-state index in [9.17, 15) is 4.39 Å². The minimum atomic E-state index is -0.233. The molecule has 0 unspecified atom stereocenters. The van der Waals surface area contributed by atoms with Gasteiger partial charge in [0.1, 0.15) is 5.82 Å². The minimum absolute atomic E-state index is 0.233. The summed E-state index contributed by atoms with van der Waals surface area (Å²) >= 11 is 1.48.